The van der Waals surface area contributed by atoms with Crippen LogP contribution in [0.4, 0.5) is 0 Å². The topological polar surface area (TPSA) is 36.4 Å². The van der Waals surface area contributed by atoms with Gasteiger partial charge in [0.2, 0.25) is 5.91 Å². The number of rotatable bonds is 6. The number of carbonyl (C=O) groups is 1. The van der Waals surface area contributed by atoms with Crippen molar-refractivity contribution in [1.29, 1.82) is 0 Å². The quantitative estimate of drug-likeness (QED) is 0.757. The number of aromatic nitrogens is 1. The maximum atomic E-state index is 11.5. The van der Waals surface area contributed by atoms with Crippen LogP contribution in [-0.4, -0.2) is 53.9 Å². The molecule has 2 heterocycles. The second-order valence-corrected chi connectivity index (χ2v) is 4.89. The first-order valence-electron chi connectivity index (χ1n) is 6.61. The van der Waals surface area contributed by atoms with Crippen LogP contribution in [0.2, 0.25) is 0 Å². The van der Waals surface area contributed by atoms with Gasteiger partial charge < -0.3 is 9.80 Å². The van der Waals surface area contributed by atoms with E-state index in [2.05, 4.69) is 29.1 Å². The van der Waals surface area contributed by atoms with Gasteiger partial charge in [0, 0.05) is 45.0 Å². The molecule has 4 heteroatoms. The molecule has 18 heavy (non-hydrogen) atoms. The number of amides is 1. The zero-order valence-corrected chi connectivity index (χ0v) is 11.0. The number of carbonyl (C=O) groups excluding carboxylic acids is 1. The summed E-state index contributed by atoms with van der Waals surface area (Å²) in [6, 6.07) is 4.11. The van der Waals surface area contributed by atoms with Crippen molar-refractivity contribution in [2.24, 2.45) is 0 Å². The summed E-state index contributed by atoms with van der Waals surface area (Å²) in [5.41, 5.74) is 1.31. The third-order valence-corrected chi connectivity index (χ3v) is 3.45. The predicted octanol–water partition coefficient (Wildman–Crippen LogP) is 1.18. The van der Waals surface area contributed by atoms with Crippen LogP contribution in [-0.2, 0) is 11.2 Å². The van der Waals surface area contributed by atoms with Crippen molar-refractivity contribution in [2.45, 2.75) is 19.3 Å². The normalized spacial score (nSPS) is 15.7. The van der Waals surface area contributed by atoms with Crippen LogP contribution in [0.3, 0.4) is 0 Å². The molecule has 1 aromatic heterocycles. The fraction of sp³-hybridized carbons (Fsp3) is 0.571. The molecule has 0 radical (unpaired) electrons. The Kier molecular flexibility index (Phi) is 4.70. The summed E-state index contributed by atoms with van der Waals surface area (Å²) in [4.78, 5) is 19.7. The van der Waals surface area contributed by atoms with E-state index in [1.807, 2.05) is 17.3 Å². The first-order chi connectivity index (χ1) is 8.75. The minimum Gasteiger partial charge on any atom is -0.341 e. The Balaban J connectivity index is 1.66. The van der Waals surface area contributed by atoms with Gasteiger partial charge in [-0.15, -0.1) is 0 Å². The monoisotopic (exact) mass is 247 g/mol. The number of hydrogen-bond donors (Lipinski definition) is 0. The molecule has 2 rings (SSSR count). The molecular formula is C14H21N3O. The Bertz CT molecular complexity index is 380. The van der Waals surface area contributed by atoms with Gasteiger partial charge in [-0.3, -0.25) is 9.78 Å². The lowest BCUT2D eigenvalue weighted by molar-refractivity contribution is -0.127. The van der Waals surface area contributed by atoms with Gasteiger partial charge in [-0.1, -0.05) is 0 Å². The van der Waals surface area contributed by atoms with Crippen molar-refractivity contribution in [1.82, 2.24) is 14.8 Å². The largest absolute Gasteiger partial charge is 0.341 e. The molecule has 1 fully saturated rings. The highest BCUT2D eigenvalue weighted by Gasteiger charge is 2.19. The van der Waals surface area contributed by atoms with Crippen LogP contribution in [0.25, 0.3) is 0 Å². The third-order valence-electron chi connectivity index (χ3n) is 3.45. The molecule has 1 saturated heterocycles. The molecule has 0 unspecified atom stereocenters. The van der Waals surface area contributed by atoms with Crippen molar-refractivity contribution in [2.75, 3.05) is 33.2 Å². The molecule has 0 aromatic carbocycles. The Labute approximate surface area is 109 Å². The summed E-state index contributed by atoms with van der Waals surface area (Å²) < 4.78 is 0. The lowest BCUT2D eigenvalue weighted by Crippen LogP contribution is -2.34. The Hall–Kier alpha value is -1.42. The van der Waals surface area contributed by atoms with E-state index < -0.39 is 0 Å². The number of hydrogen-bond acceptors (Lipinski definition) is 3. The van der Waals surface area contributed by atoms with Crippen LogP contribution >= 0.6 is 0 Å². The number of likely N-dealkylation sites (N-methyl/N-ethyl adjacent to an activating group) is 1. The highest BCUT2D eigenvalue weighted by Crippen LogP contribution is 2.08. The SMILES string of the molecule is CN(CCc1ccncc1)CCN1CCCC1=O. The number of nitrogens with zero attached hydrogens (tertiary/aromatic N) is 3. The van der Waals surface area contributed by atoms with E-state index in [-0.39, 0.29) is 0 Å². The predicted molar refractivity (Wildman–Crippen MR) is 71.3 cm³/mol. The van der Waals surface area contributed by atoms with E-state index in [1.54, 1.807) is 0 Å². The maximum Gasteiger partial charge on any atom is 0.222 e. The first kappa shape index (κ1) is 13.0. The van der Waals surface area contributed by atoms with Crippen LogP contribution in [0.15, 0.2) is 24.5 Å². The van der Waals surface area contributed by atoms with Crippen molar-refractivity contribution in [3.63, 3.8) is 0 Å². The Morgan fingerprint density at radius 3 is 2.78 bits per heavy atom. The molecule has 1 aromatic rings. The van der Waals surface area contributed by atoms with Crippen molar-refractivity contribution >= 4 is 5.91 Å². The molecule has 0 bridgehead atoms. The zero-order chi connectivity index (χ0) is 12.8. The highest BCUT2D eigenvalue weighted by molar-refractivity contribution is 5.78. The summed E-state index contributed by atoms with van der Waals surface area (Å²) in [5.74, 6) is 0.317. The van der Waals surface area contributed by atoms with Crippen LogP contribution in [0.1, 0.15) is 18.4 Å². The summed E-state index contributed by atoms with van der Waals surface area (Å²) >= 11 is 0. The fourth-order valence-electron chi connectivity index (χ4n) is 2.21. The lowest BCUT2D eigenvalue weighted by Gasteiger charge is -2.21. The molecule has 4 nitrogen and oxygen atoms in total. The molecule has 0 N–H and O–H groups in total. The van der Waals surface area contributed by atoms with Gasteiger partial charge in [0.1, 0.15) is 0 Å². The molecule has 0 saturated carbocycles. The van der Waals surface area contributed by atoms with Crippen LogP contribution in [0, 0.1) is 0 Å². The second kappa shape index (κ2) is 6.50. The van der Waals surface area contributed by atoms with Gasteiger partial charge in [0.25, 0.3) is 0 Å². The molecule has 0 spiro atoms. The minimum absolute atomic E-state index is 0.317. The van der Waals surface area contributed by atoms with E-state index >= 15 is 0 Å². The smallest absolute Gasteiger partial charge is 0.222 e. The van der Waals surface area contributed by atoms with Crippen molar-refractivity contribution in [3.8, 4) is 0 Å². The highest BCUT2D eigenvalue weighted by atomic mass is 16.2. The molecular weight excluding hydrogens is 226 g/mol. The van der Waals surface area contributed by atoms with E-state index in [0.29, 0.717) is 5.91 Å². The van der Waals surface area contributed by atoms with Gasteiger partial charge in [-0.25, -0.2) is 0 Å². The Morgan fingerprint density at radius 2 is 2.11 bits per heavy atom. The zero-order valence-electron chi connectivity index (χ0n) is 11.0. The van der Waals surface area contributed by atoms with Crippen molar-refractivity contribution in [3.05, 3.63) is 30.1 Å². The molecule has 1 aliphatic rings. The van der Waals surface area contributed by atoms with Crippen molar-refractivity contribution < 1.29 is 4.79 Å². The van der Waals surface area contributed by atoms with Crippen LogP contribution < -0.4 is 0 Å². The summed E-state index contributed by atoms with van der Waals surface area (Å²) in [5, 5.41) is 0. The van der Waals surface area contributed by atoms with Gasteiger partial charge in [0.15, 0.2) is 0 Å². The molecule has 0 aliphatic carbocycles. The first-order valence-corrected chi connectivity index (χ1v) is 6.61. The molecule has 1 aliphatic heterocycles. The minimum atomic E-state index is 0.317. The lowest BCUT2D eigenvalue weighted by atomic mass is 10.2. The van der Waals surface area contributed by atoms with Gasteiger partial charge >= 0.3 is 0 Å². The van der Waals surface area contributed by atoms with Gasteiger partial charge in [0.05, 0.1) is 0 Å². The summed E-state index contributed by atoms with van der Waals surface area (Å²) in [6.45, 7) is 3.78. The fourth-order valence-corrected chi connectivity index (χ4v) is 2.21. The summed E-state index contributed by atoms with van der Waals surface area (Å²) in [7, 11) is 2.11. The second-order valence-electron chi connectivity index (χ2n) is 4.89. The van der Waals surface area contributed by atoms with E-state index in [0.717, 1.165) is 45.4 Å². The molecule has 1 amide bonds. The molecule has 0 atom stereocenters. The average Bonchev–Trinajstić information content (AvgIpc) is 2.81. The third kappa shape index (κ3) is 3.81. The van der Waals surface area contributed by atoms with Gasteiger partial charge in [-0.05, 0) is 37.6 Å². The molecule has 98 valence electrons. The summed E-state index contributed by atoms with van der Waals surface area (Å²) in [6.07, 6.45) is 6.46. The van der Waals surface area contributed by atoms with Gasteiger partial charge in [-0.2, -0.15) is 0 Å². The Morgan fingerprint density at radius 1 is 1.33 bits per heavy atom. The van der Waals surface area contributed by atoms with Crippen LogP contribution in [0.5, 0.6) is 0 Å². The van der Waals surface area contributed by atoms with E-state index in [4.69, 9.17) is 0 Å². The average molecular weight is 247 g/mol. The standard InChI is InChI=1S/C14H21N3O/c1-16(10-6-13-4-7-15-8-5-13)11-12-17-9-2-3-14(17)18/h4-5,7-8H,2-3,6,9-12H2,1H3. The maximum absolute atomic E-state index is 11.5. The number of pyridine rings is 1. The van der Waals surface area contributed by atoms with E-state index in [9.17, 15) is 4.79 Å². The number of likely N-dealkylation sites (tertiary alicyclic amines) is 1. The van der Waals surface area contributed by atoms with E-state index in [1.165, 1.54) is 5.56 Å².